The van der Waals surface area contributed by atoms with Crippen molar-refractivity contribution in [2.45, 2.75) is 25.2 Å². The van der Waals surface area contributed by atoms with Crippen molar-refractivity contribution >= 4 is 27.5 Å². The lowest BCUT2D eigenvalue weighted by molar-refractivity contribution is -0.138. The van der Waals surface area contributed by atoms with E-state index in [9.17, 15) is 18.0 Å². The molecular weight excluding hydrogens is 375 g/mol. The second kappa shape index (κ2) is 4.96. The molecule has 3 nitrogen and oxygen atoms in total. The van der Waals surface area contributed by atoms with Crippen molar-refractivity contribution in [3.63, 3.8) is 0 Å². The first kappa shape index (κ1) is 15.4. The van der Waals surface area contributed by atoms with Crippen LogP contribution in [0.1, 0.15) is 18.4 Å². The average molecular weight is 390 g/mol. The summed E-state index contributed by atoms with van der Waals surface area (Å²) in [5.74, 6) is 0.750. The fraction of sp³-hybridized carbons (Fsp3) is 0.562. The maximum atomic E-state index is 13.1. The van der Waals surface area contributed by atoms with E-state index in [4.69, 9.17) is 4.74 Å². The lowest BCUT2D eigenvalue weighted by Crippen LogP contribution is -2.41. The minimum atomic E-state index is -4.47. The molecule has 1 aromatic rings. The molecule has 1 saturated heterocycles. The quantitative estimate of drug-likeness (QED) is 0.763. The van der Waals surface area contributed by atoms with Crippen LogP contribution in [-0.2, 0) is 15.7 Å². The second-order valence-corrected chi connectivity index (χ2v) is 7.45. The molecule has 2 bridgehead atoms. The number of ether oxygens (including phenoxy) is 1. The Morgan fingerprint density at radius 1 is 1.26 bits per heavy atom. The maximum Gasteiger partial charge on any atom is 0.417 e. The largest absolute Gasteiger partial charge is 0.417 e. The highest BCUT2D eigenvalue weighted by Gasteiger charge is 2.64. The first-order valence-electron chi connectivity index (χ1n) is 7.55. The van der Waals surface area contributed by atoms with Gasteiger partial charge in [0.1, 0.15) is 6.23 Å². The monoisotopic (exact) mass is 389 g/mol. The number of hydrogen-bond donors (Lipinski definition) is 0. The Kier molecular flexibility index (Phi) is 3.33. The maximum absolute atomic E-state index is 13.1. The van der Waals surface area contributed by atoms with E-state index in [0.29, 0.717) is 11.8 Å². The van der Waals surface area contributed by atoms with E-state index in [0.717, 1.165) is 18.9 Å². The van der Waals surface area contributed by atoms with E-state index >= 15 is 0 Å². The molecule has 4 aliphatic rings. The van der Waals surface area contributed by atoms with Crippen molar-refractivity contribution in [1.82, 2.24) is 0 Å². The molecule has 23 heavy (non-hydrogen) atoms. The molecule has 0 spiro atoms. The Hall–Kier alpha value is -1.08. The number of halogens is 4. The first-order valence-corrected chi connectivity index (χ1v) is 8.35. The summed E-state index contributed by atoms with van der Waals surface area (Å²) in [6.45, 7) is 0. The summed E-state index contributed by atoms with van der Waals surface area (Å²) in [5, 5.41) is 0. The topological polar surface area (TPSA) is 29.5 Å². The third kappa shape index (κ3) is 2.09. The number of hydrogen-bond acceptors (Lipinski definition) is 2. The van der Waals surface area contributed by atoms with Crippen LogP contribution < -0.4 is 4.90 Å². The molecule has 3 atom stereocenters. The van der Waals surface area contributed by atoms with Gasteiger partial charge in [0.05, 0.1) is 5.56 Å². The number of alkyl halides is 3. The lowest BCUT2D eigenvalue weighted by Gasteiger charge is -2.34. The van der Waals surface area contributed by atoms with Gasteiger partial charge in [-0.15, -0.1) is 0 Å². The molecule has 1 aromatic carbocycles. The summed E-state index contributed by atoms with van der Waals surface area (Å²) < 4.78 is 44.9. The van der Waals surface area contributed by atoms with Crippen LogP contribution in [0.5, 0.6) is 0 Å². The van der Waals surface area contributed by atoms with Crippen molar-refractivity contribution in [3.05, 3.63) is 28.2 Å². The third-order valence-electron chi connectivity index (χ3n) is 5.56. The van der Waals surface area contributed by atoms with Crippen LogP contribution in [0.15, 0.2) is 22.7 Å². The predicted molar refractivity (Wildman–Crippen MR) is 80.6 cm³/mol. The van der Waals surface area contributed by atoms with Gasteiger partial charge in [0, 0.05) is 29.1 Å². The second-order valence-electron chi connectivity index (χ2n) is 6.59. The van der Waals surface area contributed by atoms with Crippen LogP contribution in [0.2, 0.25) is 0 Å². The van der Waals surface area contributed by atoms with Crippen LogP contribution >= 0.6 is 15.9 Å². The number of rotatable bonds is 2. The number of carbonyl (C=O) groups excluding carboxylic acids is 1. The summed E-state index contributed by atoms with van der Waals surface area (Å²) in [4.78, 5) is 14.2. The molecule has 7 heteroatoms. The Morgan fingerprint density at radius 2 is 1.96 bits per heavy atom. The lowest BCUT2D eigenvalue weighted by atomic mass is 9.81. The predicted octanol–water partition coefficient (Wildman–Crippen LogP) is 4.06. The molecule has 1 amide bonds. The Labute approximate surface area is 139 Å². The summed E-state index contributed by atoms with van der Waals surface area (Å²) in [7, 11) is 1.52. The zero-order valence-electron chi connectivity index (χ0n) is 12.3. The molecule has 1 unspecified atom stereocenters. The number of methoxy groups -OCH3 is 1. The van der Waals surface area contributed by atoms with Gasteiger partial charge < -0.3 is 4.74 Å². The number of anilines is 1. The van der Waals surface area contributed by atoms with E-state index in [-0.39, 0.29) is 27.9 Å². The zero-order chi connectivity index (χ0) is 16.5. The standard InChI is InChI=1S/C16H15BrF3NO2/c1-23-15-13-8-4-7(5-8)12(13)14(22)21(15)9-2-3-11(17)10(6-9)16(18,19)20/h2-3,6-8,12-13,15H,4-5H2,1H3/t7?,8?,12-,13+,15?/m0/s1. The molecule has 3 aliphatic carbocycles. The zero-order valence-corrected chi connectivity index (χ0v) is 13.9. The van der Waals surface area contributed by atoms with Crippen molar-refractivity contribution in [2.24, 2.45) is 23.7 Å². The van der Waals surface area contributed by atoms with Crippen LogP contribution in [-0.4, -0.2) is 19.2 Å². The Bertz CT molecular complexity index is 672. The van der Waals surface area contributed by atoms with Gasteiger partial charge in [0.25, 0.3) is 0 Å². The first-order chi connectivity index (χ1) is 10.8. The average Bonchev–Trinajstić information content (AvgIpc) is 3.05. The molecule has 1 aliphatic heterocycles. The highest BCUT2D eigenvalue weighted by atomic mass is 79.9. The van der Waals surface area contributed by atoms with E-state index in [1.54, 1.807) is 0 Å². The summed E-state index contributed by atoms with van der Waals surface area (Å²) >= 11 is 2.93. The normalized spacial score (nSPS) is 35.4. The van der Waals surface area contributed by atoms with Crippen molar-refractivity contribution in [2.75, 3.05) is 12.0 Å². The van der Waals surface area contributed by atoms with Gasteiger partial charge in [-0.1, -0.05) is 15.9 Å². The van der Waals surface area contributed by atoms with E-state index in [2.05, 4.69) is 15.9 Å². The highest BCUT2D eigenvalue weighted by Crippen LogP contribution is 2.62. The van der Waals surface area contributed by atoms with Crippen LogP contribution in [0.4, 0.5) is 18.9 Å². The van der Waals surface area contributed by atoms with Gasteiger partial charge in [-0.05, 0) is 42.9 Å². The fourth-order valence-corrected chi connectivity index (χ4v) is 5.05. The number of nitrogens with zero attached hydrogens (tertiary/aromatic N) is 1. The third-order valence-corrected chi connectivity index (χ3v) is 6.25. The molecule has 1 heterocycles. The van der Waals surface area contributed by atoms with Crippen molar-refractivity contribution in [3.8, 4) is 0 Å². The summed E-state index contributed by atoms with van der Waals surface area (Å²) in [5.41, 5.74) is -0.522. The van der Waals surface area contributed by atoms with Gasteiger partial charge in [-0.2, -0.15) is 13.2 Å². The van der Waals surface area contributed by atoms with Gasteiger partial charge in [-0.3, -0.25) is 9.69 Å². The van der Waals surface area contributed by atoms with E-state index < -0.39 is 18.0 Å². The van der Waals surface area contributed by atoms with Gasteiger partial charge >= 0.3 is 6.18 Å². The van der Waals surface area contributed by atoms with Crippen LogP contribution in [0.3, 0.4) is 0 Å². The molecule has 4 fully saturated rings. The molecule has 0 aromatic heterocycles. The molecular formula is C16H15BrF3NO2. The SMILES string of the molecule is COC1[C@@H]2C3CC(C3)[C@@H]2C(=O)N1c1ccc(Br)c(C(F)(F)F)c1. The smallest absolute Gasteiger partial charge is 0.361 e. The summed E-state index contributed by atoms with van der Waals surface area (Å²) in [6.07, 6.45) is -2.85. The van der Waals surface area contributed by atoms with Gasteiger partial charge in [0.2, 0.25) is 5.91 Å². The molecule has 124 valence electrons. The minimum absolute atomic E-state index is 0.0302. The van der Waals surface area contributed by atoms with Crippen molar-refractivity contribution in [1.29, 1.82) is 0 Å². The Balaban J connectivity index is 1.75. The fourth-order valence-electron chi connectivity index (χ4n) is 4.58. The van der Waals surface area contributed by atoms with E-state index in [1.165, 1.54) is 24.1 Å². The summed E-state index contributed by atoms with van der Waals surface area (Å²) in [6, 6.07) is 3.91. The Morgan fingerprint density at radius 3 is 2.57 bits per heavy atom. The van der Waals surface area contributed by atoms with Crippen LogP contribution in [0, 0.1) is 23.7 Å². The van der Waals surface area contributed by atoms with Crippen LogP contribution in [0.25, 0.3) is 0 Å². The molecule has 5 rings (SSSR count). The number of carbonyl (C=O) groups is 1. The van der Waals surface area contributed by atoms with Gasteiger partial charge in [-0.25, -0.2) is 0 Å². The molecule has 0 radical (unpaired) electrons. The highest BCUT2D eigenvalue weighted by molar-refractivity contribution is 9.10. The van der Waals surface area contributed by atoms with Gasteiger partial charge in [0.15, 0.2) is 0 Å². The van der Waals surface area contributed by atoms with E-state index in [1.807, 2.05) is 0 Å². The van der Waals surface area contributed by atoms with Crippen molar-refractivity contribution < 1.29 is 22.7 Å². The molecule has 3 saturated carbocycles. The number of amides is 1. The number of benzene rings is 1. The minimum Gasteiger partial charge on any atom is -0.361 e. The molecule has 0 N–H and O–H groups in total.